The topological polar surface area (TPSA) is 61.8 Å². The van der Waals surface area contributed by atoms with E-state index < -0.39 is 6.10 Å². The van der Waals surface area contributed by atoms with Crippen molar-refractivity contribution in [2.75, 3.05) is 33.3 Å². The number of carbonyl (C=O) groups is 1. The predicted molar refractivity (Wildman–Crippen MR) is 90.6 cm³/mol. The maximum Gasteiger partial charge on any atom is 0.224 e. The van der Waals surface area contributed by atoms with Crippen LogP contribution < -0.4 is 10.1 Å². The Bertz CT molecular complexity index is 482. The number of amides is 1. The Morgan fingerprint density at radius 1 is 1.35 bits per heavy atom. The Balaban J connectivity index is 1.66. The minimum atomic E-state index is -0.511. The van der Waals surface area contributed by atoms with Gasteiger partial charge < -0.3 is 20.1 Å². The third-order valence-electron chi connectivity index (χ3n) is 4.40. The summed E-state index contributed by atoms with van der Waals surface area (Å²) < 4.78 is 5.09. The molecule has 0 saturated carbocycles. The van der Waals surface area contributed by atoms with Crippen molar-refractivity contribution in [2.45, 2.75) is 32.3 Å². The highest BCUT2D eigenvalue weighted by Crippen LogP contribution is 2.16. The Morgan fingerprint density at radius 3 is 2.61 bits per heavy atom. The first-order valence-corrected chi connectivity index (χ1v) is 8.37. The third-order valence-corrected chi connectivity index (χ3v) is 4.40. The summed E-state index contributed by atoms with van der Waals surface area (Å²) in [5.74, 6) is 1.49. The van der Waals surface area contributed by atoms with Gasteiger partial charge in [0.05, 0.1) is 19.6 Å². The van der Waals surface area contributed by atoms with Gasteiger partial charge in [-0.25, -0.2) is 0 Å². The van der Waals surface area contributed by atoms with Gasteiger partial charge >= 0.3 is 0 Å². The van der Waals surface area contributed by atoms with Crippen LogP contribution in [-0.4, -0.2) is 55.3 Å². The molecule has 5 nitrogen and oxygen atoms in total. The molecule has 1 aliphatic heterocycles. The zero-order chi connectivity index (χ0) is 16.7. The van der Waals surface area contributed by atoms with Crippen molar-refractivity contribution in [2.24, 2.45) is 5.92 Å². The maximum absolute atomic E-state index is 11.9. The standard InChI is InChI=1S/C18H28N2O3/c1-14-7-9-20(10-8-14)13-16(21)12-19-18(22)11-15-3-5-17(23-2)6-4-15/h3-6,14,16,21H,7-13H2,1-2H3,(H,19,22). The lowest BCUT2D eigenvalue weighted by atomic mass is 9.99. The average molecular weight is 320 g/mol. The molecule has 1 aliphatic rings. The Labute approximate surface area is 138 Å². The normalized spacial score (nSPS) is 17.7. The molecule has 0 bridgehead atoms. The molecule has 1 aromatic carbocycles. The summed E-state index contributed by atoms with van der Waals surface area (Å²) >= 11 is 0. The molecule has 1 saturated heterocycles. The first-order chi connectivity index (χ1) is 11.1. The van der Waals surface area contributed by atoms with E-state index in [4.69, 9.17) is 4.74 Å². The van der Waals surface area contributed by atoms with E-state index in [9.17, 15) is 9.90 Å². The summed E-state index contributed by atoms with van der Waals surface area (Å²) in [5.41, 5.74) is 0.933. The molecule has 0 aliphatic carbocycles. The number of hydrogen-bond donors (Lipinski definition) is 2. The number of piperidine rings is 1. The van der Waals surface area contributed by atoms with Crippen LogP contribution in [0.3, 0.4) is 0 Å². The van der Waals surface area contributed by atoms with Gasteiger partial charge in [0.1, 0.15) is 5.75 Å². The second-order valence-electron chi connectivity index (χ2n) is 6.47. The Hall–Kier alpha value is -1.59. The molecule has 1 aromatic rings. The molecule has 1 fully saturated rings. The van der Waals surface area contributed by atoms with Crippen LogP contribution in [0.15, 0.2) is 24.3 Å². The van der Waals surface area contributed by atoms with Gasteiger partial charge in [-0.3, -0.25) is 4.79 Å². The first kappa shape index (κ1) is 17.8. The number of nitrogens with one attached hydrogen (secondary N) is 1. The van der Waals surface area contributed by atoms with Crippen molar-refractivity contribution in [3.05, 3.63) is 29.8 Å². The predicted octanol–water partition coefficient (Wildman–Crippen LogP) is 1.45. The van der Waals surface area contributed by atoms with Gasteiger partial charge in [-0.1, -0.05) is 19.1 Å². The molecule has 1 unspecified atom stereocenters. The highest BCUT2D eigenvalue weighted by molar-refractivity contribution is 5.78. The fourth-order valence-corrected chi connectivity index (χ4v) is 2.83. The van der Waals surface area contributed by atoms with Gasteiger partial charge in [0.25, 0.3) is 0 Å². The van der Waals surface area contributed by atoms with Crippen LogP contribution in [0.1, 0.15) is 25.3 Å². The van der Waals surface area contributed by atoms with Gasteiger partial charge in [-0.05, 0) is 49.5 Å². The van der Waals surface area contributed by atoms with Crippen LogP contribution in [0.5, 0.6) is 5.75 Å². The van der Waals surface area contributed by atoms with Crippen molar-refractivity contribution < 1.29 is 14.6 Å². The maximum atomic E-state index is 11.9. The zero-order valence-corrected chi connectivity index (χ0v) is 14.1. The number of likely N-dealkylation sites (tertiary alicyclic amines) is 1. The molecular formula is C18H28N2O3. The van der Waals surface area contributed by atoms with Crippen molar-refractivity contribution in [1.82, 2.24) is 10.2 Å². The number of carbonyl (C=O) groups excluding carboxylic acids is 1. The number of aliphatic hydroxyl groups is 1. The summed E-state index contributed by atoms with van der Waals surface area (Å²) in [4.78, 5) is 14.2. The summed E-state index contributed by atoms with van der Waals surface area (Å²) in [6.07, 6.45) is 2.19. The number of rotatable bonds is 7. The summed E-state index contributed by atoms with van der Waals surface area (Å²) in [6, 6.07) is 7.44. The largest absolute Gasteiger partial charge is 0.497 e. The second kappa shape index (κ2) is 8.89. The molecule has 2 N–H and O–H groups in total. The van der Waals surface area contributed by atoms with E-state index in [1.807, 2.05) is 24.3 Å². The van der Waals surface area contributed by atoms with Crippen LogP contribution in [0.4, 0.5) is 0 Å². The molecule has 0 aromatic heterocycles. The van der Waals surface area contributed by atoms with Crippen LogP contribution in [0.2, 0.25) is 0 Å². The minimum Gasteiger partial charge on any atom is -0.497 e. The van der Waals surface area contributed by atoms with Crippen LogP contribution >= 0.6 is 0 Å². The van der Waals surface area contributed by atoms with E-state index in [2.05, 4.69) is 17.1 Å². The molecule has 23 heavy (non-hydrogen) atoms. The molecule has 0 radical (unpaired) electrons. The second-order valence-corrected chi connectivity index (χ2v) is 6.47. The number of ether oxygens (including phenoxy) is 1. The first-order valence-electron chi connectivity index (χ1n) is 8.37. The highest BCUT2D eigenvalue weighted by atomic mass is 16.5. The van der Waals surface area contributed by atoms with Gasteiger partial charge in [-0.15, -0.1) is 0 Å². The van der Waals surface area contributed by atoms with E-state index in [-0.39, 0.29) is 5.91 Å². The smallest absolute Gasteiger partial charge is 0.224 e. The van der Waals surface area contributed by atoms with E-state index in [0.717, 1.165) is 30.3 Å². The van der Waals surface area contributed by atoms with Crippen LogP contribution in [-0.2, 0) is 11.2 Å². The van der Waals surface area contributed by atoms with E-state index in [1.165, 1.54) is 12.8 Å². The summed E-state index contributed by atoms with van der Waals surface area (Å²) in [6.45, 7) is 5.29. The summed E-state index contributed by atoms with van der Waals surface area (Å²) in [7, 11) is 1.62. The molecule has 1 atom stereocenters. The zero-order valence-electron chi connectivity index (χ0n) is 14.1. The summed E-state index contributed by atoms with van der Waals surface area (Å²) in [5, 5.41) is 12.9. The van der Waals surface area contributed by atoms with E-state index in [0.29, 0.717) is 19.5 Å². The average Bonchev–Trinajstić information content (AvgIpc) is 2.56. The number of methoxy groups -OCH3 is 1. The minimum absolute atomic E-state index is 0.0681. The van der Waals surface area contributed by atoms with Crippen molar-refractivity contribution in [3.8, 4) is 5.75 Å². The Kier molecular flexibility index (Phi) is 6.86. The van der Waals surface area contributed by atoms with Gasteiger partial charge in [0, 0.05) is 13.1 Å². The van der Waals surface area contributed by atoms with Gasteiger partial charge in [0.15, 0.2) is 0 Å². The third kappa shape index (κ3) is 6.20. The quantitative estimate of drug-likeness (QED) is 0.798. The van der Waals surface area contributed by atoms with E-state index in [1.54, 1.807) is 7.11 Å². The highest BCUT2D eigenvalue weighted by Gasteiger charge is 2.18. The lowest BCUT2D eigenvalue weighted by Crippen LogP contribution is -2.43. The molecule has 128 valence electrons. The molecule has 2 rings (SSSR count). The van der Waals surface area contributed by atoms with Crippen LogP contribution in [0.25, 0.3) is 0 Å². The monoisotopic (exact) mass is 320 g/mol. The Morgan fingerprint density at radius 2 is 2.00 bits per heavy atom. The van der Waals surface area contributed by atoms with Crippen LogP contribution in [0, 0.1) is 5.92 Å². The molecule has 1 amide bonds. The fourth-order valence-electron chi connectivity index (χ4n) is 2.83. The molecule has 1 heterocycles. The number of benzene rings is 1. The molecule has 0 spiro atoms. The van der Waals surface area contributed by atoms with E-state index >= 15 is 0 Å². The molecular weight excluding hydrogens is 292 g/mol. The van der Waals surface area contributed by atoms with Gasteiger partial charge in [0.2, 0.25) is 5.91 Å². The van der Waals surface area contributed by atoms with Crippen molar-refractivity contribution in [1.29, 1.82) is 0 Å². The SMILES string of the molecule is COc1ccc(CC(=O)NCC(O)CN2CCC(C)CC2)cc1. The number of hydrogen-bond acceptors (Lipinski definition) is 4. The number of aliphatic hydroxyl groups excluding tert-OH is 1. The van der Waals surface area contributed by atoms with Crippen molar-refractivity contribution >= 4 is 5.91 Å². The number of β-amino-alcohol motifs (C(OH)–C–C–N with tert-alkyl or cyclic N) is 1. The fraction of sp³-hybridized carbons (Fsp3) is 0.611. The lowest BCUT2D eigenvalue weighted by molar-refractivity contribution is -0.121. The lowest BCUT2D eigenvalue weighted by Gasteiger charge is -2.31. The van der Waals surface area contributed by atoms with Gasteiger partial charge in [-0.2, -0.15) is 0 Å². The number of nitrogens with zero attached hydrogens (tertiary/aromatic N) is 1. The van der Waals surface area contributed by atoms with Crippen molar-refractivity contribution in [3.63, 3.8) is 0 Å². The molecule has 5 heteroatoms.